The van der Waals surface area contributed by atoms with E-state index in [0.29, 0.717) is 19.4 Å². The van der Waals surface area contributed by atoms with E-state index in [9.17, 15) is 19.8 Å². The van der Waals surface area contributed by atoms with Gasteiger partial charge in [-0.05, 0) is 57.8 Å². The van der Waals surface area contributed by atoms with Crippen LogP contribution in [0.5, 0.6) is 0 Å². The predicted octanol–water partition coefficient (Wildman–Crippen LogP) is 21.8. The number of allylic oxidation sites excluding steroid dienone is 3. The Kier molecular flexibility index (Phi) is 63.4. The molecule has 0 fully saturated rings. The van der Waals surface area contributed by atoms with Gasteiger partial charge in [-0.2, -0.15) is 0 Å². The van der Waals surface area contributed by atoms with Crippen LogP contribution in [0.2, 0.25) is 0 Å². The van der Waals surface area contributed by atoms with E-state index in [2.05, 4.69) is 31.3 Å². The molecular formula is C69H133NO5. The van der Waals surface area contributed by atoms with Gasteiger partial charge in [0, 0.05) is 12.8 Å². The van der Waals surface area contributed by atoms with Crippen LogP contribution in [0.3, 0.4) is 0 Å². The van der Waals surface area contributed by atoms with Gasteiger partial charge in [0.2, 0.25) is 5.91 Å². The molecule has 0 rings (SSSR count). The highest BCUT2D eigenvalue weighted by atomic mass is 16.5. The Morgan fingerprint density at radius 1 is 0.360 bits per heavy atom. The van der Waals surface area contributed by atoms with Gasteiger partial charge < -0.3 is 20.3 Å². The van der Waals surface area contributed by atoms with E-state index in [1.807, 2.05) is 6.08 Å². The van der Waals surface area contributed by atoms with Crippen molar-refractivity contribution in [2.75, 3.05) is 13.2 Å². The van der Waals surface area contributed by atoms with Crippen LogP contribution in [0.15, 0.2) is 24.3 Å². The molecule has 0 heterocycles. The van der Waals surface area contributed by atoms with Gasteiger partial charge in [0.25, 0.3) is 0 Å². The van der Waals surface area contributed by atoms with Crippen LogP contribution >= 0.6 is 0 Å². The van der Waals surface area contributed by atoms with Gasteiger partial charge in [0.05, 0.1) is 25.4 Å². The lowest BCUT2D eigenvalue weighted by Gasteiger charge is -2.20. The lowest BCUT2D eigenvalue weighted by Crippen LogP contribution is -2.45. The van der Waals surface area contributed by atoms with Crippen molar-refractivity contribution in [3.63, 3.8) is 0 Å². The molecule has 0 bridgehead atoms. The zero-order valence-electron chi connectivity index (χ0n) is 50.8. The first kappa shape index (κ1) is 73.3. The molecule has 0 aliphatic rings. The third kappa shape index (κ3) is 61.4. The minimum absolute atomic E-state index is 0.00751. The number of esters is 1. The molecule has 2 atom stereocenters. The van der Waals surface area contributed by atoms with Gasteiger partial charge in [0.1, 0.15) is 0 Å². The monoisotopic (exact) mass is 1060 g/mol. The number of hydrogen-bond donors (Lipinski definition) is 3. The summed E-state index contributed by atoms with van der Waals surface area (Å²) in [5.41, 5.74) is 0. The molecule has 0 aliphatic carbocycles. The number of nitrogens with one attached hydrogen (secondary N) is 1. The molecule has 0 aromatic rings. The molecule has 75 heavy (non-hydrogen) atoms. The SMILES string of the molecule is CCCCCCCCCCCCCCCCCCCCCCC/C=C/C(O)C(CO)NC(=O)CCCCCCCCC/C=C\CCCCCCCCCCOC(=O)CCCCCCCCCCCCCCCCCC. The largest absolute Gasteiger partial charge is 0.466 e. The Hall–Kier alpha value is -1.66. The van der Waals surface area contributed by atoms with Gasteiger partial charge in [0.15, 0.2) is 0 Å². The first-order valence-electron chi connectivity index (χ1n) is 34.1. The average molecular weight is 1060 g/mol. The minimum atomic E-state index is -0.852. The molecule has 6 heteroatoms. The molecule has 0 spiro atoms. The van der Waals surface area contributed by atoms with Crippen LogP contribution in [0, 0.1) is 0 Å². The molecule has 0 aromatic heterocycles. The van der Waals surface area contributed by atoms with Crippen LogP contribution in [0.4, 0.5) is 0 Å². The number of carbonyl (C=O) groups excluding carboxylic acids is 2. The molecule has 0 aliphatic heterocycles. The molecule has 444 valence electrons. The number of amides is 1. The predicted molar refractivity (Wildman–Crippen MR) is 329 cm³/mol. The van der Waals surface area contributed by atoms with E-state index >= 15 is 0 Å². The molecule has 0 saturated heterocycles. The van der Waals surface area contributed by atoms with Crippen LogP contribution in [0.1, 0.15) is 380 Å². The van der Waals surface area contributed by atoms with E-state index in [4.69, 9.17) is 4.74 Å². The Morgan fingerprint density at radius 3 is 0.947 bits per heavy atom. The fourth-order valence-electron chi connectivity index (χ4n) is 10.7. The summed E-state index contributed by atoms with van der Waals surface area (Å²) in [6, 6.07) is -0.636. The Morgan fingerprint density at radius 2 is 0.627 bits per heavy atom. The maximum Gasteiger partial charge on any atom is 0.305 e. The summed E-state index contributed by atoms with van der Waals surface area (Å²) in [4.78, 5) is 24.6. The van der Waals surface area contributed by atoms with Crippen molar-refractivity contribution < 1.29 is 24.5 Å². The highest BCUT2D eigenvalue weighted by molar-refractivity contribution is 5.76. The maximum absolute atomic E-state index is 12.5. The zero-order chi connectivity index (χ0) is 54.3. The highest BCUT2D eigenvalue weighted by Crippen LogP contribution is 2.18. The smallest absolute Gasteiger partial charge is 0.305 e. The molecule has 0 aromatic carbocycles. The van der Waals surface area contributed by atoms with Crippen molar-refractivity contribution in [1.29, 1.82) is 0 Å². The van der Waals surface area contributed by atoms with Crippen molar-refractivity contribution in [2.24, 2.45) is 0 Å². The lowest BCUT2D eigenvalue weighted by molar-refractivity contribution is -0.143. The number of aliphatic hydroxyl groups excluding tert-OH is 2. The van der Waals surface area contributed by atoms with Crippen LogP contribution < -0.4 is 5.32 Å². The van der Waals surface area contributed by atoms with Crippen LogP contribution in [0.25, 0.3) is 0 Å². The molecule has 6 nitrogen and oxygen atoms in total. The van der Waals surface area contributed by atoms with E-state index in [1.54, 1.807) is 6.08 Å². The van der Waals surface area contributed by atoms with Crippen molar-refractivity contribution in [3.8, 4) is 0 Å². The number of rotatable bonds is 64. The Balaban J connectivity index is 3.45. The Bertz CT molecular complexity index is 1170. The molecule has 1 amide bonds. The first-order chi connectivity index (χ1) is 37.0. The lowest BCUT2D eigenvalue weighted by atomic mass is 10.0. The minimum Gasteiger partial charge on any atom is -0.466 e. The highest BCUT2D eigenvalue weighted by Gasteiger charge is 2.18. The fraction of sp³-hybridized carbons (Fsp3) is 0.913. The van der Waals surface area contributed by atoms with E-state index in [1.165, 1.54) is 308 Å². The molecule has 3 N–H and O–H groups in total. The van der Waals surface area contributed by atoms with Gasteiger partial charge in [-0.15, -0.1) is 0 Å². The van der Waals surface area contributed by atoms with Gasteiger partial charge >= 0.3 is 5.97 Å². The van der Waals surface area contributed by atoms with Gasteiger partial charge in [-0.3, -0.25) is 9.59 Å². The topological polar surface area (TPSA) is 95.9 Å². The molecule has 0 saturated carbocycles. The number of carbonyl (C=O) groups is 2. The fourth-order valence-corrected chi connectivity index (χ4v) is 10.7. The van der Waals surface area contributed by atoms with E-state index in [0.717, 1.165) is 44.9 Å². The number of aliphatic hydroxyl groups is 2. The summed E-state index contributed by atoms with van der Waals surface area (Å²) in [6.45, 7) is 4.93. The van der Waals surface area contributed by atoms with Crippen molar-refractivity contribution in [2.45, 2.75) is 392 Å². The first-order valence-corrected chi connectivity index (χ1v) is 34.1. The normalized spacial score (nSPS) is 12.6. The summed E-state index contributed by atoms with van der Waals surface area (Å²) < 4.78 is 5.49. The second-order valence-electron chi connectivity index (χ2n) is 23.5. The molecular weight excluding hydrogens is 923 g/mol. The summed E-state index contributed by atoms with van der Waals surface area (Å²) in [5, 5.41) is 23.2. The maximum atomic E-state index is 12.5. The average Bonchev–Trinajstić information content (AvgIpc) is 3.41. The molecule has 2 unspecified atom stereocenters. The standard InChI is InChI=1S/C69H133NO5/c1-3-5-7-9-11-13-15-17-19-21-22-23-24-25-27-30-33-37-41-45-49-53-57-61-67(72)66(65-71)70-68(73)62-58-54-50-46-42-38-34-31-28-26-29-32-36-40-44-48-52-56-60-64-75-69(74)63-59-55-51-47-43-39-35-20-18-16-14-12-10-8-6-4-2/h26,28,57,61,66-67,71-72H,3-25,27,29-56,58-60,62-65H2,1-2H3,(H,70,73)/b28-26-,61-57+. The zero-order valence-corrected chi connectivity index (χ0v) is 50.8. The van der Waals surface area contributed by atoms with Crippen molar-refractivity contribution in [1.82, 2.24) is 5.32 Å². The van der Waals surface area contributed by atoms with Gasteiger partial charge in [-0.25, -0.2) is 0 Å². The van der Waals surface area contributed by atoms with E-state index in [-0.39, 0.29) is 18.5 Å². The molecule has 0 radical (unpaired) electrons. The number of unbranched alkanes of at least 4 members (excludes halogenated alkanes) is 51. The summed E-state index contributed by atoms with van der Waals surface area (Å²) in [5.74, 6) is -0.0660. The quantitative estimate of drug-likeness (QED) is 0.0320. The van der Waals surface area contributed by atoms with Gasteiger partial charge in [-0.1, -0.05) is 334 Å². The van der Waals surface area contributed by atoms with Crippen molar-refractivity contribution in [3.05, 3.63) is 24.3 Å². The Labute approximate surface area is 469 Å². The second-order valence-corrected chi connectivity index (χ2v) is 23.5. The third-order valence-corrected chi connectivity index (χ3v) is 16.0. The summed E-state index contributed by atoms with van der Waals surface area (Å²) in [7, 11) is 0. The number of hydrogen-bond acceptors (Lipinski definition) is 5. The van der Waals surface area contributed by atoms with Crippen LogP contribution in [-0.2, 0) is 14.3 Å². The second kappa shape index (κ2) is 64.9. The van der Waals surface area contributed by atoms with Crippen molar-refractivity contribution >= 4 is 11.9 Å². The number of ether oxygens (including phenoxy) is 1. The summed E-state index contributed by atoms with van der Waals surface area (Å²) >= 11 is 0. The van der Waals surface area contributed by atoms with E-state index < -0.39 is 12.1 Å². The summed E-state index contributed by atoms with van der Waals surface area (Å²) in [6.07, 6.45) is 80.9. The van der Waals surface area contributed by atoms with Crippen LogP contribution in [-0.4, -0.2) is 47.4 Å². The third-order valence-electron chi connectivity index (χ3n) is 16.0.